The topological polar surface area (TPSA) is 42.2 Å². The molecule has 3 rings (SSSR count). The smallest absolute Gasteiger partial charge is 0.183 e. The summed E-state index contributed by atoms with van der Waals surface area (Å²) in [7, 11) is 0. The summed E-state index contributed by atoms with van der Waals surface area (Å²) in [6.07, 6.45) is 9.93. The number of rotatable bonds is 7. The van der Waals surface area contributed by atoms with Gasteiger partial charge in [-0.3, -0.25) is 0 Å². The highest BCUT2D eigenvalue weighted by atomic mass is 16.7. The lowest BCUT2D eigenvalue weighted by atomic mass is 9.67. The van der Waals surface area contributed by atoms with Crippen molar-refractivity contribution in [3.8, 4) is 6.07 Å². The van der Waals surface area contributed by atoms with E-state index in [-0.39, 0.29) is 11.7 Å². The highest BCUT2D eigenvalue weighted by Gasteiger charge is 2.35. The molecule has 0 radical (unpaired) electrons. The molecule has 0 spiro atoms. The monoisotopic (exact) mass is 369 g/mol. The number of hydrogen-bond donors (Lipinski definition) is 0. The quantitative estimate of drug-likeness (QED) is 0.550. The van der Waals surface area contributed by atoms with Crippen LogP contribution in [-0.2, 0) is 9.47 Å². The van der Waals surface area contributed by atoms with Crippen molar-refractivity contribution in [3.63, 3.8) is 0 Å². The highest BCUT2D eigenvalue weighted by molar-refractivity contribution is 5.27. The normalized spacial score (nSPS) is 31.4. The Balaban J connectivity index is 1.53. The van der Waals surface area contributed by atoms with Crippen molar-refractivity contribution in [1.29, 1.82) is 5.26 Å². The fourth-order valence-electron chi connectivity index (χ4n) is 4.67. The van der Waals surface area contributed by atoms with Crippen LogP contribution in [-0.4, -0.2) is 13.2 Å². The minimum Gasteiger partial charge on any atom is -0.348 e. The number of nitriles is 1. The van der Waals surface area contributed by atoms with Crippen LogP contribution in [0.15, 0.2) is 24.3 Å². The molecule has 27 heavy (non-hydrogen) atoms. The standard InChI is InChI=1S/C24H35NO2/c1-3-5-13-24(18-25)14-11-21(12-15-24)20-7-9-22(10-8-20)23-26-16-19(6-4-2)17-27-23/h7-10,19,21,23H,3-6,11-17H2,1-2H3. The molecular formula is C24H35NO2. The van der Waals surface area contributed by atoms with E-state index in [0.717, 1.165) is 50.9 Å². The van der Waals surface area contributed by atoms with E-state index < -0.39 is 0 Å². The molecule has 1 heterocycles. The maximum absolute atomic E-state index is 9.68. The number of ether oxygens (including phenoxy) is 2. The van der Waals surface area contributed by atoms with Crippen LogP contribution < -0.4 is 0 Å². The molecule has 1 saturated heterocycles. The van der Waals surface area contributed by atoms with Gasteiger partial charge in [0.1, 0.15) is 0 Å². The largest absolute Gasteiger partial charge is 0.348 e. The molecule has 3 nitrogen and oxygen atoms in total. The van der Waals surface area contributed by atoms with Gasteiger partial charge < -0.3 is 9.47 Å². The summed E-state index contributed by atoms with van der Waals surface area (Å²) in [4.78, 5) is 0. The summed E-state index contributed by atoms with van der Waals surface area (Å²) in [5.41, 5.74) is 2.46. The lowest BCUT2D eigenvalue weighted by Gasteiger charge is -2.35. The van der Waals surface area contributed by atoms with Gasteiger partial charge >= 0.3 is 0 Å². The Kier molecular flexibility index (Phi) is 7.33. The predicted molar refractivity (Wildman–Crippen MR) is 108 cm³/mol. The first kappa shape index (κ1) is 20.4. The molecule has 0 N–H and O–H groups in total. The molecule has 0 amide bonds. The Bertz CT molecular complexity index is 602. The summed E-state index contributed by atoms with van der Waals surface area (Å²) < 4.78 is 11.9. The van der Waals surface area contributed by atoms with Gasteiger partial charge in [-0.1, -0.05) is 57.4 Å². The molecule has 148 valence electrons. The van der Waals surface area contributed by atoms with E-state index in [1.165, 1.54) is 31.2 Å². The first-order valence-electron chi connectivity index (χ1n) is 10.9. The van der Waals surface area contributed by atoms with Crippen molar-refractivity contribution in [2.75, 3.05) is 13.2 Å². The number of unbranched alkanes of at least 4 members (excludes halogenated alkanes) is 1. The Labute approximate surface area is 165 Å². The Morgan fingerprint density at radius 1 is 1.00 bits per heavy atom. The van der Waals surface area contributed by atoms with Crippen LogP contribution in [0, 0.1) is 22.7 Å². The SMILES string of the molecule is CCCCC1(C#N)CCC(c2ccc(C3OCC(CCC)CO3)cc2)CC1. The molecule has 1 saturated carbocycles. The third-order valence-electron chi connectivity index (χ3n) is 6.53. The second-order valence-electron chi connectivity index (χ2n) is 8.59. The van der Waals surface area contributed by atoms with Crippen LogP contribution in [0.2, 0.25) is 0 Å². The number of nitrogens with zero attached hydrogens (tertiary/aromatic N) is 1. The third kappa shape index (κ3) is 5.12. The molecule has 1 aromatic carbocycles. The first-order chi connectivity index (χ1) is 13.2. The zero-order valence-electron chi connectivity index (χ0n) is 17.1. The van der Waals surface area contributed by atoms with Gasteiger partial charge in [-0.2, -0.15) is 5.26 Å². The molecule has 0 aromatic heterocycles. The third-order valence-corrected chi connectivity index (χ3v) is 6.53. The zero-order chi connectivity index (χ0) is 19.1. The van der Waals surface area contributed by atoms with Crippen molar-refractivity contribution >= 4 is 0 Å². The predicted octanol–water partition coefficient (Wildman–Crippen LogP) is 6.51. The van der Waals surface area contributed by atoms with E-state index in [1.54, 1.807) is 0 Å². The summed E-state index contributed by atoms with van der Waals surface area (Å²) in [5.74, 6) is 1.13. The summed E-state index contributed by atoms with van der Waals surface area (Å²) in [6.45, 7) is 6.02. The van der Waals surface area contributed by atoms with Gasteiger partial charge in [-0.05, 0) is 50.0 Å². The molecule has 1 aliphatic heterocycles. The van der Waals surface area contributed by atoms with Gasteiger partial charge in [0.15, 0.2) is 6.29 Å². The molecule has 2 aliphatic rings. The van der Waals surface area contributed by atoms with Gasteiger partial charge in [-0.15, -0.1) is 0 Å². The minimum absolute atomic E-state index is 0.0642. The summed E-state index contributed by atoms with van der Waals surface area (Å²) in [5, 5.41) is 9.68. The molecular weight excluding hydrogens is 334 g/mol. The fourth-order valence-corrected chi connectivity index (χ4v) is 4.67. The van der Waals surface area contributed by atoms with Gasteiger partial charge in [0.2, 0.25) is 0 Å². The van der Waals surface area contributed by atoms with E-state index in [4.69, 9.17) is 9.47 Å². The maximum atomic E-state index is 9.68. The number of hydrogen-bond acceptors (Lipinski definition) is 3. The van der Waals surface area contributed by atoms with Crippen LogP contribution in [0.25, 0.3) is 0 Å². The highest BCUT2D eigenvalue weighted by Crippen LogP contribution is 2.45. The Hall–Kier alpha value is -1.37. The van der Waals surface area contributed by atoms with Gasteiger partial charge in [0.25, 0.3) is 0 Å². The molecule has 0 atom stereocenters. The average molecular weight is 370 g/mol. The minimum atomic E-state index is -0.209. The van der Waals surface area contributed by atoms with E-state index in [1.807, 2.05) is 0 Å². The Morgan fingerprint density at radius 3 is 2.19 bits per heavy atom. The first-order valence-corrected chi connectivity index (χ1v) is 10.9. The molecule has 1 aromatic rings. The van der Waals surface area contributed by atoms with Crippen LogP contribution in [0.1, 0.15) is 95.0 Å². The van der Waals surface area contributed by atoms with Gasteiger partial charge in [0, 0.05) is 11.5 Å². The molecule has 3 heteroatoms. The molecule has 1 aliphatic carbocycles. The van der Waals surface area contributed by atoms with Gasteiger partial charge in [-0.25, -0.2) is 0 Å². The van der Waals surface area contributed by atoms with Crippen LogP contribution in [0.4, 0.5) is 0 Å². The second kappa shape index (κ2) is 9.71. The number of benzene rings is 1. The lowest BCUT2D eigenvalue weighted by molar-refractivity contribution is -0.206. The van der Waals surface area contributed by atoms with Crippen LogP contribution >= 0.6 is 0 Å². The van der Waals surface area contributed by atoms with Crippen molar-refractivity contribution < 1.29 is 9.47 Å². The summed E-state index contributed by atoms with van der Waals surface area (Å²) >= 11 is 0. The van der Waals surface area contributed by atoms with Crippen LogP contribution in [0.5, 0.6) is 0 Å². The lowest BCUT2D eigenvalue weighted by Crippen LogP contribution is -2.27. The fraction of sp³-hybridized carbons (Fsp3) is 0.708. The molecule has 0 unspecified atom stereocenters. The van der Waals surface area contributed by atoms with E-state index in [0.29, 0.717) is 11.8 Å². The maximum Gasteiger partial charge on any atom is 0.183 e. The van der Waals surface area contributed by atoms with Crippen LogP contribution in [0.3, 0.4) is 0 Å². The van der Waals surface area contributed by atoms with E-state index in [9.17, 15) is 5.26 Å². The van der Waals surface area contributed by atoms with E-state index >= 15 is 0 Å². The van der Waals surface area contributed by atoms with Crippen molar-refractivity contribution in [2.45, 2.75) is 83.8 Å². The van der Waals surface area contributed by atoms with Crippen molar-refractivity contribution in [2.24, 2.45) is 11.3 Å². The van der Waals surface area contributed by atoms with Crippen molar-refractivity contribution in [3.05, 3.63) is 35.4 Å². The zero-order valence-corrected chi connectivity index (χ0v) is 17.1. The van der Waals surface area contributed by atoms with Crippen molar-refractivity contribution in [1.82, 2.24) is 0 Å². The van der Waals surface area contributed by atoms with Gasteiger partial charge in [0.05, 0.1) is 24.7 Å². The Morgan fingerprint density at radius 2 is 1.63 bits per heavy atom. The second-order valence-corrected chi connectivity index (χ2v) is 8.59. The summed E-state index contributed by atoms with van der Waals surface area (Å²) in [6, 6.07) is 11.5. The molecule has 0 bridgehead atoms. The average Bonchev–Trinajstić information content (AvgIpc) is 2.74. The molecule has 2 fully saturated rings. The van der Waals surface area contributed by atoms with E-state index in [2.05, 4.69) is 44.2 Å².